The lowest BCUT2D eigenvalue weighted by molar-refractivity contribution is -0.894. The zero-order chi connectivity index (χ0) is 11.4. The van der Waals surface area contributed by atoms with Crippen LogP contribution in [0.2, 0.25) is 0 Å². The molecule has 0 aliphatic carbocycles. The van der Waals surface area contributed by atoms with Crippen LogP contribution >= 0.6 is 0 Å². The zero-order valence-corrected chi connectivity index (χ0v) is 8.87. The maximum atomic E-state index is 10.5. The minimum absolute atomic E-state index is 0.107. The number of aromatic carboxylic acids is 1. The van der Waals surface area contributed by atoms with Gasteiger partial charge in [0.05, 0.1) is 13.7 Å². The number of aryl methyl sites for hydroxylation is 1. The van der Waals surface area contributed by atoms with Crippen molar-refractivity contribution in [2.24, 2.45) is 0 Å². The molecule has 0 aliphatic heterocycles. The Kier molecular flexibility index (Phi) is 3.88. The average molecular weight is 213 g/mol. The quantitative estimate of drug-likeness (QED) is 0.590. The second-order valence-electron chi connectivity index (χ2n) is 3.59. The Morgan fingerprint density at radius 3 is 2.80 bits per heavy atom. The number of aliphatic hydroxyl groups excluding tert-OH is 1. The van der Waals surface area contributed by atoms with Crippen molar-refractivity contribution in [1.82, 2.24) is 0 Å². The van der Waals surface area contributed by atoms with E-state index in [1.54, 1.807) is 6.92 Å². The summed E-state index contributed by atoms with van der Waals surface area (Å²) in [5, 5.41) is 19.3. The molecule has 1 rings (SSSR count). The fraction of sp³-hybridized carbons (Fsp3) is 0.500. The van der Waals surface area contributed by atoms with Gasteiger partial charge in [-0.3, -0.25) is 0 Å². The third-order valence-corrected chi connectivity index (χ3v) is 2.25. The second-order valence-corrected chi connectivity index (χ2v) is 3.59. The van der Waals surface area contributed by atoms with Crippen molar-refractivity contribution in [3.63, 3.8) is 0 Å². The molecule has 5 nitrogen and oxygen atoms in total. The van der Waals surface area contributed by atoms with Gasteiger partial charge in [0.1, 0.15) is 30.6 Å². The molecule has 1 aromatic rings. The molecule has 84 valence electrons. The first-order valence-electron chi connectivity index (χ1n) is 4.77. The molecular weight excluding hydrogens is 198 g/mol. The Morgan fingerprint density at radius 2 is 2.33 bits per heavy atom. The van der Waals surface area contributed by atoms with Crippen molar-refractivity contribution in [3.8, 4) is 0 Å². The molecule has 0 bridgehead atoms. The highest BCUT2D eigenvalue weighted by Gasteiger charge is 2.12. The summed E-state index contributed by atoms with van der Waals surface area (Å²) in [5.74, 6) is -0.852. The first-order chi connectivity index (χ1) is 7.04. The van der Waals surface area contributed by atoms with Crippen LogP contribution in [0.1, 0.15) is 21.9 Å². The van der Waals surface area contributed by atoms with Gasteiger partial charge in [-0.25, -0.2) is 0 Å². The number of carbonyl (C=O) groups is 1. The molecule has 15 heavy (non-hydrogen) atoms. The summed E-state index contributed by atoms with van der Waals surface area (Å²) in [6.45, 7) is 3.07. The first-order valence-corrected chi connectivity index (χ1v) is 4.77. The van der Waals surface area contributed by atoms with Crippen molar-refractivity contribution in [2.45, 2.75) is 13.5 Å². The van der Waals surface area contributed by atoms with Gasteiger partial charge < -0.3 is 24.3 Å². The third kappa shape index (κ3) is 3.07. The number of hydrogen-bond acceptors (Lipinski definition) is 4. The van der Waals surface area contributed by atoms with E-state index >= 15 is 0 Å². The van der Waals surface area contributed by atoms with E-state index in [4.69, 9.17) is 9.52 Å². The number of quaternary nitrogens is 1. The highest BCUT2D eigenvalue weighted by atomic mass is 16.4. The number of nitrogens with one attached hydrogen (secondary N) is 1. The molecule has 2 N–H and O–H groups in total. The van der Waals surface area contributed by atoms with Gasteiger partial charge in [0.15, 0.2) is 0 Å². The molecule has 0 amide bonds. The summed E-state index contributed by atoms with van der Waals surface area (Å²) in [7, 11) is 1.92. The maximum absolute atomic E-state index is 10.5. The monoisotopic (exact) mass is 213 g/mol. The van der Waals surface area contributed by atoms with Crippen LogP contribution in [0.25, 0.3) is 0 Å². The highest BCUT2D eigenvalue weighted by molar-refractivity contribution is 5.82. The molecule has 1 atom stereocenters. The fourth-order valence-electron chi connectivity index (χ4n) is 1.40. The predicted molar refractivity (Wildman–Crippen MR) is 50.3 cm³/mol. The Morgan fingerprint density at radius 1 is 1.67 bits per heavy atom. The lowest BCUT2D eigenvalue weighted by atomic mass is 10.2. The van der Waals surface area contributed by atoms with Crippen molar-refractivity contribution in [2.75, 3.05) is 20.2 Å². The van der Waals surface area contributed by atoms with Gasteiger partial charge in [-0.1, -0.05) is 0 Å². The van der Waals surface area contributed by atoms with Crippen LogP contribution < -0.4 is 10.0 Å². The number of carbonyl (C=O) groups excluding carboxylic acids is 1. The van der Waals surface area contributed by atoms with E-state index in [0.717, 1.165) is 10.5 Å². The van der Waals surface area contributed by atoms with Crippen molar-refractivity contribution in [1.29, 1.82) is 0 Å². The molecule has 5 heteroatoms. The summed E-state index contributed by atoms with van der Waals surface area (Å²) in [6.07, 6.45) is 0. The van der Waals surface area contributed by atoms with E-state index in [1.807, 2.05) is 7.05 Å². The molecular formula is C10H15NO4. The lowest BCUT2D eigenvalue weighted by Gasteiger charge is -2.11. The molecule has 0 radical (unpaired) electrons. The second kappa shape index (κ2) is 4.95. The van der Waals surface area contributed by atoms with Crippen LogP contribution in [-0.2, 0) is 6.54 Å². The minimum atomic E-state index is -1.30. The molecule has 0 aliphatic rings. The molecule has 0 aromatic carbocycles. The zero-order valence-electron chi connectivity index (χ0n) is 8.87. The van der Waals surface area contributed by atoms with Gasteiger partial charge in [-0.15, -0.1) is 0 Å². The van der Waals surface area contributed by atoms with E-state index in [1.165, 1.54) is 6.07 Å². The largest absolute Gasteiger partial charge is 0.542 e. The standard InChI is InChI=1S/C10H15NO4/c1-7-8(6-11(2)3-4-12)5-9(15-7)10(13)14/h5,12H,3-4,6H2,1-2H3,(H,13,14). The summed E-state index contributed by atoms with van der Waals surface area (Å²) in [5.41, 5.74) is 0.833. The Bertz CT molecular complexity index is 345. The highest BCUT2D eigenvalue weighted by Crippen LogP contribution is 2.12. The molecule has 1 heterocycles. The van der Waals surface area contributed by atoms with Gasteiger partial charge in [0.25, 0.3) is 0 Å². The molecule has 0 spiro atoms. The summed E-state index contributed by atoms with van der Waals surface area (Å²) < 4.78 is 5.02. The SMILES string of the molecule is Cc1oc(C(=O)[O-])cc1C[NH+](C)CCO. The number of aliphatic hydroxyl groups is 1. The fourth-order valence-corrected chi connectivity index (χ4v) is 1.40. The van der Waals surface area contributed by atoms with Crippen LogP contribution in [0.3, 0.4) is 0 Å². The van der Waals surface area contributed by atoms with Crippen LogP contribution in [0.5, 0.6) is 0 Å². The van der Waals surface area contributed by atoms with Gasteiger partial charge in [-0.2, -0.15) is 0 Å². The Balaban J connectivity index is 2.72. The normalized spacial score (nSPS) is 12.7. The molecule has 0 saturated carbocycles. The van der Waals surface area contributed by atoms with E-state index < -0.39 is 5.97 Å². The van der Waals surface area contributed by atoms with E-state index in [2.05, 4.69) is 0 Å². The molecule has 0 fully saturated rings. The topological polar surface area (TPSA) is 77.9 Å². The average Bonchev–Trinajstić information content (AvgIpc) is 2.48. The number of carboxylic acid groups (broad SMARTS) is 1. The molecule has 0 saturated heterocycles. The van der Waals surface area contributed by atoms with Gasteiger partial charge in [-0.05, 0) is 13.0 Å². The summed E-state index contributed by atoms with van der Waals surface area (Å²) in [4.78, 5) is 11.6. The third-order valence-electron chi connectivity index (χ3n) is 2.25. The Labute approximate surface area is 87.9 Å². The number of hydrogen-bond donors (Lipinski definition) is 2. The van der Waals surface area contributed by atoms with Crippen molar-refractivity contribution in [3.05, 3.63) is 23.2 Å². The van der Waals surface area contributed by atoms with Crippen LogP contribution in [0.15, 0.2) is 10.5 Å². The number of rotatable bonds is 5. The molecule has 1 aromatic heterocycles. The number of carboxylic acids is 1. The van der Waals surface area contributed by atoms with E-state index in [0.29, 0.717) is 18.8 Å². The summed E-state index contributed by atoms with van der Waals surface area (Å²) in [6, 6.07) is 1.48. The van der Waals surface area contributed by atoms with Crippen LogP contribution in [0.4, 0.5) is 0 Å². The van der Waals surface area contributed by atoms with E-state index in [-0.39, 0.29) is 12.4 Å². The van der Waals surface area contributed by atoms with Crippen LogP contribution in [-0.4, -0.2) is 31.3 Å². The first kappa shape index (κ1) is 11.7. The maximum Gasteiger partial charge on any atom is 0.150 e. The number of furan rings is 1. The van der Waals surface area contributed by atoms with Crippen LogP contribution in [0, 0.1) is 6.92 Å². The van der Waals surface area contributed by atoms with Crippen molar-refractivity contribution >= 4 is 5.97 Å². The van der Waals surface area contributed by atoms with Gasteiger partial charge >= 0.3 is 0 Å². The minimum Gasteiger partial charge on any atom is -0.542 e. The van der Waals surface area contributed by atoms with Gasteiger partial charge in [0, 0.05) is 5.56 Å². The lowest BCUT2D eigenvalue weighted by Crippen LogP contribution is -3.08. The summed E-state index contributed by atoms with van der Waals surface area (Å²) >= 11 is 0. The van der Waals surface area contributed by atoms with Crippen molar-refractivity contribution < 1.29 is 24.3 Å². The van der Waals surface area contributed by atoms with Gasteiger partial charge in [0.2, 0.25) is 0 Å². The predicted octanol–water partition coefficient (Wildman–Crippen LogP) is -2.04. The van der Waals surface area contributed by atoms with E-state index in [9.17, 15) is 9.90 Å². The smallest absolute Gasteiger partial charge is 0.150 e. The Hall–Kier alpha value is -1.33. The number of likely N-dealkylation sites (N-methyl/N-ethyl adjacent to an activating group) is 1. The molecule has 1 unspecified atom stereocenters.